The van der Waals surface area contributed by atoms with E-state index in [1.54, 1.807) is 18.2 Å². The van der Waals surface area contributed by atoms with Crippen LogP contribution in [-0.4, -0.2) is 17.0 Å². The molecular formula is C17H17NO3. The summed E-state index contributed by atoms with van der Waals surface area (Å²) in [5.74, 6) is 1.31. The summed E-state index contributed by atoms with van der Waals surface area (Å²) in [4.78, 5) is 10.7. The highest BCUT2D eigenvalue weighted by atomic mass is 16.5. The molecule has 0 heterocycles. The van der Waals surface area contributed by atoms with Crippen molar-refractivity contribution < 1.29 is 14.6 Å². The lowest BCUT2D eigenvalue weighted by atomic mass is 10.2. The van der Waals surface area contributed by atoms with Crippen LogP contribution in [0.1, 0.15) is 24.2 Å². The van der Waals surface area contributed by atoms with E-state index < -0.39 is 5.60 Å². The van der Waals surface area contributed by atoms with Crippen molar-refractivity contribution in [1.82, 2.24) is 0 Å². The van der Waals surface area contributed by atoms with Gasteiger partial charge in [0.25, 0.3) is 0 Å². The molecule has 4 heteroatoms. The summed E-state index contributed by atoms with van der Waals surface area (Å²) >= 11 is 0. The van der Waals surface area contributed by atoms with E-state index in [2.05, 4.69) is 0 Å². The second kappa shape index (κ2) is 7.83. The fourth-order valence-corrected chi connectivity index (χ4v) is 1.29. The molecular weight excluding hydrogens is 266 g/mol. The van der Waals surface area contributed by atoms with Crippen LogP contribution < -0.4 is 4.74 Å². The Labute approximate surface area is 124 Å². The summed E-state index contributed by atoms with van der Waals surface area (Å²) in [6.45, 7) is 2.88. The van der Waals surface area contributed by atoms with Gasteiger partial charge in [0.1, 0.15) is 17.1 Å². The highest BCUT2D eigenvalue weighted by Crippen LogP contribution is 2.23. The zero-order valence-corrected chi connectivity index (χ0v) is 12.0. The highest BCUT2D eigenvalue weighted by molar-refractivity contribution is 5.79. The first-order valence-corrected chi connectivity index (χ1v) is 6.37. The van der Waals surface area contributed by atoms with Crippen molar-refractivity contribution in [2.45, 2.75) is 19.4 Å². The fourth-order valence-electron chi connectivity index (χ4n) is 1.29. The number of hydrogen-bond donors (Lipinski definition) is 1. The zero-order valence-electron chi connectivity index (χ0n) is 12.0. The molecule has 0 radical (unpaired) electrons. The Morgan fingerprint density at radius 2 is 1.62 bits per heavy atom. The van der Waals surface area contributed by atoms with Gasteiger partial charge in [0.15, 0.2) is 6.29 Å². The predicted octanol–water partition coefficient (Wildman–Crippen LogP) is 3.57. The predicted molar refractivity (Wildman–Crippen MR) is 80.3 cm³/mol. The van der Waals surface area contributed by atoms with Crippen LogP contribution in [-0.2, 0) is 0 Å². The quantitative estimate of drug-likeness (QED) is 0.690. The molecule has 0 aliphatic heterocycles. The largest absolute Gasteiger partial charge is 0.457 e. The van der Waals surface area contributed by atoms with Gasteiger partial charge in [0, 0.05) is 0 Å². The summed E-state index contributed by atoms with van der Waals surface area (Å²) in [6.07, 6.45) is 0.790. The van der Waals surface area contributed by atoms with Crippen LogP contribution in [0.4, 0.5) is 0 Å². The lowest BCUT2D eigenvalue weighted by molar-refractivity contribution is 0.112. The number of para-hydroxylation sites is 2. The number of aliphatic hydroxyl groups is 1. The first kappa shape index (κ1) is 16.4. The molecule has 108 valence electrons. The Hall–Kier alpha value is -2.64. The number of nitriles is 1. The second-order valence-electron chi connectivity index (χ2n) is 4.74. The van der Waals surface area contributed by atoms with E-state index in [1.807, 2.05) is 42.5 Å². The summed E-state index contributed by atoms with van der Waals surface area (Å²) in [6, 6.07) is 18.2. The van der Waals surface area contributed by atoms with Crippen molar-refractivity contribution in [3.8, 4) is 17.6 Å². The minimum absolute atomic E-state index is 0.557. The van der Waals surface area contributed by atoms with E-state index >= 15 is 0 Å². The van der Waals surface area contributed by atoms with Crippen LogP contribution in [0.3, 0.4) is 0 Å². The van der Waals surface area contributed by atoms with Gasteiger partial charge in [0.05, 0.1) is 11.6 Å². The number of rotatable bonds is 3. The molecule has 4 nitrogen and oxygen atoms in total. The lowest BCUT2D eigenvalue weighted by Gasteiger charge is -2.06. The second-order valence-corrected chi connectivity index (χ2v) is 4.74. The average Bonchev–Trinajstić information content (AvgIpc) is 2.49. The number of aldehydes is 1. The average molecular weight is 283 g/mol. The molecule has 0 fully saturated rings. The Morgan fingerprint density at radius 1 is 1.10 bits per heavy atom. The van der Waals surface area contributed by atoms with Crippen LogP contribution in [0, 0.1) is 11.3 Å². The molecule has 1 N–H and O–H groups in total. The minimum Gasteiger partial charge on any atom is -0.457 e. The SMILES string of the molecule is CC(C)(O)C#N.O=Cc1ccccc1Oc1ccccc1. The Morgan fingerprint density at radius 3 is 2.14 bits per heavy atom. The van der Waals surface area contributed by atoms with Gasteiger partial charge >= 0.3 is 0 Å². The van der Waals surface area contributed by atoms with Gasteiger partial charge in [-0.25, -0.2) is 0 Å². The van der Waals surface area contributed by atoms with Crippen molar-refractivity contribution >= 4 is 6.29 Å². The van der Waals surface area contributed by atoms with E-state index in [4.69, 9.17) is 15.1 Å². The molecule has 0 aliphatic carbocycles. The fraction of sp³-hybridized carbons (Fsp3) is 0.176. The molecule has 0 atom stereocenters. The first-order valence-electron chi connectivity index (χ1n) is 6.37. The van der Waals surface area contributed by atoms with E-state index in [9.17, 15) is 4.79 Å². The molecule has 2 aromatic rings. The van der Waals surface area contributed by atoms with E-state index in [-0.39, 0.29) is 0 Å². The molecule has 0 saturated carbocycles. The molecule has 0 unspecified atom stereocenters. The van der Waals surface area contributed by atoms with E-state index in [0.29, 0.717) is 11.3 Å². The maximum Gasteiger partial charge on any atom is 0.153 e. The van der Waals surface area contributed by atoms with Gasteiger partial charge in [-0.05, 0) is 38.1 Å². The highest BCUT2D eigenvalue weighted by Gasteiger charge is 2.07. The number of carbonyl (C=O) groups is 1. The summed E-state index contributed by atoms with van der Waals surface area (Å²) < 4.78 is 5.57. The van der Waals surface area contributed by atoms with Gasteiger partial charge < -0.3 is 9.84 Å². The van der Waals surface area contributed by atoms with Crippen LogP contribution in [0.15, 0.2) is 54.6 Å². The van der Waals surface area contributed by atoms with Crippen molar-refractivity contribution in [2.75, 3.05) is 0 Å². The zero-order chi connectivity index (χ0) is 15.7. The molecule has 2 rings (SSSR count). The number of ether oxygens (including phenoxy) is 1. The van der Waals surface area contributed by atoms with Crippen molar-refractivity contribution in [1.29, 1.82) is 5.26 Å². The molecule has 0 bridgehead atoms. The van der Waals surface area contributed by atoms with Crippen LogP contribution in [0.5, 0.6) is 11.5 Å². The first-order chi connectivity index (χ1) is 9.96. The third-order valence-corrected chi connectivity index (χ3v) is 2.29. The summed E-state index contributed by atoms with van der Waals surface area (Å²) in [5, 5.41) is 16.4. The lowest BCUT2D eigenvalue weighted by Crippen LogP contribution is -2.13. The van der Waals surface area contributed by atoms with Crippen molar-refractivity contribution in [3.63, 3.8) is 0 Å². The maximum absolute atomic E-state index is 10.7. The summed E-state index contributed by atoms with van der Waals surface area (Å²) in [7, 11) is 0. The molecule has 0 saturated heterocycles. The topological polar surface area (TPSA) is 70.3 Å². The molecule has 0 spiro atoms. The molecule has 0 aliphatic rings. The van der Waals surface area contributed by atoms with Gasteiger partial charge in [-0.3, -0.25) is 4.79 Å². The van der Waals surface area contributed by atoms with Gasteiger partial charge in [-0.2, -0.15) is 5.26 Å². The molecule has 21 heavy (non-hydrogen) atoms. The Balaban J connectivity index is 0.000000315. The van der Waals surface area contributed by atoms with Gasteiger partial charge in [-0.1, -0.05) is 30.3 Å². The van der Waals surface area contributed by atoms with Crippen molar-refractivity contribution in [3.05, 3.63) is 60.2 Å². The molecule has 2 aromatic carbocycles. The van der Waals surface area contributed by atoms with Gasteiger partial charge in [0.2, 0.25) is 0 Å². The summed E-state index contributed by atoms with van der Waals surface area (Å²) in [5.41, 5.74) is -0.596. The Kier molecular flexibility index (Phi) is 6.12. The third kappa shape index (κ3) is 6.37. The monoisotopic (exact) mass is 283 g/mol. The van der Waals surface area contributed by atoms with Crippen LogP contribution >= 0.6 is 0 Å². The number of carbonyl (C=O) groups excluding carboxylic acids is 1. The van der Waals surface area contributed by atoms with Crippen LogP contribution in [0.2, 0.25) is 0 Å². The van der Waals surface area contributed by atoms with Crippen molar-refractivity contribution in [2.24, 2.45) is 0 Å². The van der Waals surface area contributed by atoms with E-state index in [0.717, 1.165) is 12.0 Å². The molecule has 0 amide bonds. The number of benzene rings is 2. The maximum atomic E-state index is 10.7. The normalized spacial score (nSPS) is 9.81. The Bertz CT molecular complexity index is 610. The number of nitrogens with zero attached hydrogens (tertiary/aromatic N) is 1. The standard InChI is InChI=1S/C13H10O2.C4H7NO/c14-10-11-6-4-5-9-13(11)15-12-7-2-1-3-8-12;1-4(2,6)3-5/h1-10H;6H,1-2H3. The molecule has 0 aromatic heterocycles. The van der Waals surface area contributed by atoms with Crippen LogP contribution in [0.25, 0.3) is 0 Å². The third-order valence-electron chi connectivity index (χ3n) is 2.29. The van der Waals surface area contributed by atoms with Gasteiger partial charge in [-0.15, -0.1) is 0 Å². The minimum atomic E-state index is -1.15. The van der Waals surface area contributed by atoms with E-state index in [1.165, 1.54) is 13.8 Å². The number of hydrogen-bond acceptors (Lipinski definition) is 4. The smallest absolute Gasteiger partial charge is 0.153 e.